The summed E-state index contributed by atoms with van der Waals surface area (Å²) in [4.78, 5) is 0. The van der Waals surface area contributed by atoms with Gasteiger partial charge in [0.25, 0.3) is 0 Å². The van der Waals surface area contributed by atoms with E-state index >= 15 is 0 Å². The molecule has 0 bridgehead atoms. The van der Waals surface area contributed by atoms with Crippen LogP contribution in [0.1, 0.15) is 18.4 Å². The zero-order valence-electron chi connectivity index (χ0n) is 9.72. The Bertz CT molecular complexity index is 399. The first-order valence-electron chi connectivity index (χ1n) is 5.51. The number of rotatable bonds is 7. The highest BCUT2D eigenvalue weighted by Gasteiger charge is 2.09. The lowest BCUT2D eigenvalue weighted by molar-refractivity contribution is 0.310. The van der Waals surface area contributed by atoms with Crippen LogP contribution >= 0.6 is 23.2 Å². The van der Waals surface area contributed by atoms with Gasteiger partial charge in [-0.2, -0.15) is 0 Å². The van der Waals surface area contributed by atoms with Crippen molar-refractivity contribution in [3.05, 3.63) is 53.1 Å². The Morgan fingerprint density at radius 3 is 2.59 bits per heavy atom. The van der Waals surface area contributed by atoms with Gasteiger partial charge < -0.3 is 4.74 Å². The van der Waals surface area contributed by atoms with Gasteiger partial charge in [0, 0.05) is 10.6 Å². The first-order chi connectivity index (χ1) is 8.19. The van der Waals surface area contributed by atoms with Crippen LogP contribution < -0.4 is 4.74 Å². The second kappa shape index (κ2) is 7.41. The second-order valence-corrected chi connectivity index (χ2v) is 4.49. The standard InChI is InChI=1S/C14H16Cl2O/c1-3-5-6-8-17-14-11(7-4-2)9-12(15)10-13(14)16/h3-4,9-10H,1-2,5-8H2. The molecule has 0 radical (unpaired) electrons. The average molecular weight is 271 g/mol. The Morgan fingerprint density at radius 1 is 1.18 bits per heavy atom. The molecule has 1 aromatic carbocycles. The lowest BCUT2D eigenvalue weighted by Crippen LogP contribution is -2.00. The summed E-state index contributed by atoms with van der Waals surface area (Å²) in [6.07, 6.45) is 6.23. The van der Waals surface area contributed by atoms with Crippen LogP contribution in [0.3, 0.4) is 0 Å². The summed E-state index contributed by atoms with van der Waals surface area (Å²) in [7, 11) is 0. The zero-order chi connectivity index (χ0) is 12.7. The fourth-order valence-corrected chi connectivity index (χ4v) is 2.07. The number of unbranched alkanes of at least 4 members (excludes halogenated alkanes) is 1. The summed E-state index contributed by atoms with van der Waals surface area (Å²) in [6, 6.07) is 3.55. The third-order valence-electron chi connectivity index (χ3n) is 2.25. The lowest BCUT2D eigenvalue weighted by atomic mass is 10.1. The molecule has 0 saturated carbocycles. The summed E-state index contributed by atoms with van der Waals surface area (Å²) in [6.45, 7) is 8.00. The molecule has 0 heterocycles. The van der Waals surface area contributed by atoms with Crippen molar-refractivity contribution in [3.63, 3.8) is 0 Å². The molecule has 0 aliphatic heterocycles. The fraction of sp³-hybridized carbons (Fsp3) is 0.286. The second-order valence-electron chi connectivity index (χ2n) is 3.65. The normalized spacial score (nSPS) is 10.0. The van der Waals surface area contributed by atoms with Gasteiger partial charge in [0.15, 0.2) is 0 Å². The van der Waals surface area contributed by atoms with Gasteiger partial charge in [-0.15, -0.1) is 13.2 Å². The van der Waals surface area contributed by atoms with Crippen molar-refractivity contribution in [1.29, 1.82) is 0 Å². The molecule has 3 heteroatoms. The minimum atomic E-state index is 0.549. The Hall–Kier alpha value is -0.920. The van der Waals surface area contributed by atoms with Crippen LogP contribution in [-0.2, 0) is 6.42 Å². The number of ether oxygens (including phenoxy) is 1. The minimum Gasteiger partial charge on any atom is -0.492 e. The van der Waals surface area contributed by atoms with Crippen molar-refractivity contribution in [2.75, 3.05) is 6.61 Å². The van der Waals surface area contributed by atoms with Crippen molar-refractivity contribution in [1.82, 2.24) is 0 Å². The third kappa shape index (κ3) is 4.45. The van der Waals surface area contributed by atoms with E-state index in [2.05, 4.69) is 13.2 Å². The summed E-state index contributed by atoms with van der Waals surface area (Å²) in [5.41, 5.74) is 0.969. The van der Waals surface area contributed by atoms with Gasteiger partial charge in [-0.3, -0.25) is 0 Å². The molecule has 0 N–H and O–H groups in total. The SMILES string of the molecule is C=CCCCOc1c(Cl)cc(Cl)cc1CC=C. The van der Waals surface area contributed by atoms with Crippen molar-refractivity contribution in [2.45, 2.75) is 19.3 Å². The Morgan fingerprint density at radius 2 is 1.94 bits per heavy atom. The van der Waals surface area contributed by atoms with Crippen LogP contribution in [0.25, 0.3) is 0 Å². The maximum atomic E-state index is 6.12. The predicted molar refractivity (Wildman–Crippen MR) is 75.3 cm³/mol. The van der Waals surface area contributed by atoms with Crippen molar-refractivity contribution in [3.8, 4) is 5.75 Å². The molecule has 0 atom stereocenters. The van der Waals surface area contributed by atoms with Crippen molar-refractivity contribution >= 4 is 23.2 Å². The number of benzene rings is 1. The molecule has 17 heavy (non-hydrogen) atoms. The maximum absolute atomic E-state index is 6.12. The van der Waals surface area contributed by atoms with E-state index in [0.717, 1.165) is 18.4 Å². The maximum Gasteiger partial charge on any atom is 0.141 e. The number of allylic oxidation sites excluding steroid dienone is 2. The molecule has 0 aromatic heterocycles. The van der Waals surface area contributed by atoms with Crippen molar-refractivity contribution < 1.29 is 4.74 Å². The van der Waals surface area contributed by atoms with Crippen LogP contribution in [0.4, 0.5) is 0 Å². The van der Waals surface area contributed by atoms with Gasteiger partial charge in [-0.25, -0.2) is 0 Å². The number of hydrogen-bond donors (Lipinski definition) is 0. The summed E-state index contributed by atoms with van der Waals surface area (Å²) in [5, 5.41) is 1.17. The van der Waals surface area contributed by atoms with E-state index in [4.69, 9.17) is 27.9 Å². The molecule has 0 unspecified atom stereocenters. The van der Waals surface area contributed by atoms with Crippen LogP contribution in [0.2, 0.25) is 10.0 Å². The van der Waals surface area contributed by atoms with Gasteiger partial charge in [-0.05, 0) is 31.4 Å². The lowest BCUT2D eigenvalue weighted by Gasteiger charge is -2.12. The highest BCUT2D eigenvalue weighted by atomic mass is 35.5. The first-order valence-corrected chi connectivity index (χ1v) is 6.27. The molecule has 1 aromatic rings. The third-order valence-corrected chi connectivity index (χ3v) is 2.75. The quantitative estimate of drug-likeness (QED) is 0.497. The van der Waals surface area contributed by atoms with E-state index in [-0.39, 0.29) is 0 Å². The predicted octanol–water partition coefficient (Wildman–Crippen LogP) is 5.07. The van der Waals surface area contributed by atoms with Gasteiger partial charge in [0.1, 0.15) is 5.75 Å². The molecule has 0 spiro atoms. The molecular formula is C14H16Cl2O. The summed E-state index contributed by atoms with van der Waals surface area (Å²) >= 11 is 12.1. The summed E-state index contributed by atoms with van der Waals surface area (Å²) < 4.78 is 5.69. The molecule has 0 saturated heterocycles. The number of hydrogen-bond acceptors (Lipinski definition) is 1. The van der Waals surface area contributed by atoms with E-state index < -0.39 is 0 Å². The van der Waals surface area contributed by atoms with E-state index in [1.165, 1.54) is 0 Å². The topological polar surface area (TPSA) is 9.23 Å². The Balaban J connectivity index is 2.80. The van der Waals surface area contributed by atoms with E-state index in [0.29, 0.717) is 28.8 Å². The monoisotopic (exact) mass is 270 g/mol. The smallest absolute Gasteiger partial charge is 0.141 e. The Labute approximate surface area is 113 Å². The van der Waals surface area contributed by atoms with Gasteiger partial charge >= 0.3 is 0 Å². The first kappa shape index (κ1) is 14.1. The average Bonchev–Trinajstić information content (AvgIpc) is 2.27. The van der Waals surface area contributed by atoms with Crippen LogP contribution in [0.15, 0.2) is 37.4 Å². The molecule has 0 fully saturated rings. The van der Waals surface area contributed by atoms with Gasteiger partial charge in [0.05, 0.1) is 11.6 Å². The molecule has 0 amide bonds. The molecule has 92 valence electrons. The van der Waals surface area contributed by atoms with Gasteiger partial charge in [0.2, 0.25) is 0 Å². The van der Waals surface area contributed by atoms with E-state index in [1.807, 2.05) is 12.1 Å². The molecule has 0 aliphatic carbocycles. The van der Waals surface area contributed by atoms with Crippen LogP contribution in [-0.4, -0.2) is 6.61 Å². The van der Waals surface area contributed by atoms with Crippen LogP contribution in [0.5, 0.6) is 5.75 Å². The van der Waals surface area contributed by atoms with Crippen molar-refractivity contribution in [2.24, 2.45) is 0 Å². The summed E-state index contributed by atoms with van der Waals surface area (Å²) in [5.74, 6) is 0.708. The van der Waals surface area contributed by atoms with E-state index in [1.54, 1.807) is 12.1 Å². The molecular weight excluding hydrogens is 255 g/mol. The van der Waals surface area contributed by atoms with E-state index in [9.17, 15) is 0 Å². The number of halogens is 2. The van der Waals surface area contributed by atoms with Crippen LogP contribution in [0, 0.1) is 0 Å². The minimum absolute atomic E-state index is 0.549. The molecule has 1 rings (SSSR count). The molecule has 1 nitrogen and oxygen atoms in total. The fourth-order valence-electron chi connectivity index (χ4n) is 1.48. The largest absolute Gasteiger partial charge is 0.492 e. The Kier molecular flexibility index (Phi) is 6.17. The van der Waals surface area contributed by atoms with Gasteiger partial charge in [-0.1, -0.05) is 35.4 Å². The zero-order valence-corrected chi connectivity index (χ0v) is 11.2. The highest BCUT2D eigenvalue weighted by molar-refractivity contribution is 6.35. The highest BCUT2D eigenvalue weighted by Crippen LogP contribution is 2.33. The molecule has 0 aliphatic rings.